The van der Waals surface area contributed by atoms with Crippen molar-refractivity contribution in [2.24, 2.45) is 0 Å². The van der Waals surface area contributed by atoms with Crippen LogP contribution >= 0.6 is 0 Å². The van der Waals surface area contributed by atoms with Gasteiger partial charge in [0.25, 0.3) is 0 Å². The smallest absolute Gasteiger partial charge is 0.119 e. The fourth-order valence-electron chi connectivity index (χ4n) is 2.50. The number of ether oxygens (including phenoxy) is 2. The summed E-state index contributed by atoms with van der Waals surface area (Å²) in [6.07, 6.45) is -0.533. The van der Waals surface area contributed by atoms with Gasteiger partial charge in [0.05, 0.1) is 7.11 Å². The molecule has 1 N–H and O–H groups in total. The maximum absolute atomic E-state index is 10.2. The molecule has 2 rings (SSSR count). The lowest BCUT2D eigenvalue weighted by Gasteiger charge is -2.25. The first-order valence-electron chi connectivity index (χ1n) is 8.48. The van der Waals surface area contributed by atoms with E-state index in [1.54, 1.807) is 7.11 Å². The van der Waals surface area contributed by atoms with E-state index in [0.717, 1.165) is 24.6 Å². The molecule has 2 aromatic rings. The highest BCUT2D eigenvalue weighted by atomic mass is 16.5. The zero-order chi connectivity index (χ0) is 18.1. The van der Waals surface area contributed by atoms with E-state index in [9.17, 15) is 5.11 Å². The molecule has 25 heavy (non-hydrogen) atoms. The molecule has 0 heterocycles. The van der Waals surface area contributed by atoms with Gasteiger partial charge < -0.3 is 24.4 Å². The molecule has 0 radical (unpaired) electrons. The minimum Gasteiger partial charge on any atom is -0.497 e. The van der Waals surface area contributed by atoms with Gasteiger partial charge in [0.15, 0.2) is 0 Å². The van der Waals surface area contributed by atoms with E-state index in [0.29, 0.717) is 6.54 Å². The predicted molar refractivity (Wildman–Crippen MR) is 102 cm³/mol. The topological polar surface area (TPSA) is 45.2 Å². The summed E-state index contributed by atoms with van der Waals surface area (Å²) in [6, 6.07) is 17.6. The number of methoxy groups -OCH3 is 1. The van der Waals surface area contributed by atoms with Gasteiger partial charge in [0.2, 0.25) is 0 Å². The van der Waals surface area contributed by atoms with E-state index in [-0.39, 0.29) is 6.61 Å². The van der Waals surface area contributed by atoms with Gasteiger partial charge in [-0.15, -0.1) is 0 Å². The normalized spacial score (nSPS) is 12.0. The lowest BCUT2D eigenvalue weighted by molar-refractivity contribution is 0.0771. The highest BCUT2D eigenvalue weighted by Gasteiger charge is 2.10. The lowest BCUT2D eigenvalue weighted by atomic mass is 10.3. The van der Waals surface area contributed by atoms with Gasteiger partial charge in [-0.3, -0.25) is 0 Å². The van der Waals surface area contributed by atoms with Gasteiger partial charge >= 0.3 is 0 Å². The third-order valence-electron chi connectivity index (χ3n) is 4.04. The zero-order valence-corrected chi connectivity index (χ0v) is 15.3. The molecule has 0 saturated heterocycles. The van der Waals surface area contributed by atoms with E-state index in [1.165, 1.54) is 5.69 Å². The molecule has 0 bridgehead atoms. The maximum atomic E-state index is 10.2. The second-order valence-electron chi connectivity index (χ2n) is 6.16. The van der Waals surface area contributed by atoms with E-state index >= 15 is 0 Å². The number of hydrogen-bond acceptors (Lipinski definition) is 5. The van der Waals surface area contributed by atoms with E-state index in [4.69, 9.17) is 9.47 Å². The third kappa shape index (κ3) is 6.64. The summed E-state index contributed by atoms with van der Waals surface area (Å²) in [6.45, 7) is 2.60. The van der Waals surface area contributed by atoms with Crippen molar-refractivity contribution < 1.29 is 14.6 Å². The van der Waals surface area contributed by atoms with Crippen LogP contribution in [0.3, 0.4) is 0 Å². The van der Waals surface area contributed by atoms with Crippen molar-refractivity contribution in [2.75, 3.05) is 52.3 Å². The summed E-state index contributed by atoms with van der Waals surface area (Å²) in [4.78, 5) is 4.32. The van der Waals surface area contributed by atoms with Crippen LogP contribution in [0, 0.1) is 0 Å². The Balaban J connectivity index is 1.67. The number of benzene rings is 2. The Morgan fingerprint density at radius 3 is 2.20 bits per heavy atom. The molecule has 136 valence electrons. The van der Waals surface area contributed by atoms with Gasteiger partial charge in [-0.05, 0) is 43.4 Å². The summed E-state index contributed by atoms with van der Waals surface area (Å²) in [5.74, 6) is 1.52. The Hall–Kier alpha value is -2.24. The van der Waals surface area contributed by atoms with Crippen molar-refractivity contribution in [2.45, 2.75) is 6.10 Å². The van der Waals surface area contributed by atoms with Crippen LogP contribution in [0.15, 0.2) is 54.6 Å². The highest BCUT2D eigenvalue weighted by Crippen LogP contribution is 2.17. The highest BCUT2D eigenvalue weighted by molar-refractivity contribution is 5.44. The number of anilines is 1. The van der Waals surface area contributed by atoms with Crippen LogP contribution in [0.5, 0.6) is 11.5 Å². The molecule has 5 nitrogen and oxygen atoms in total. The number of aliphatic hydroxyl groups excluding tert-OH is 1. The first-order chi connectivity index (χ1) is 12.1. The molecule has 0 aliphatic carbocycles. The molecule has 2 aromatic carbocycles. The first kappa shape index (κ1) is 19.1. The molecule has 1 unspecified atom stereocenters. The second kappa shape index (κ2) is 9.91. The molecule has 1 atom stereocenters. The first-order valence-corrected chi connectivity index (χ1v) is 8.48. The molecular weight excluding hydrogens is 316 g/mol. The summed E-state index contributed by atoms with van der Waals surface area (Å²) in [7, 11) is 5.71. The molecule has 0 aromatic heterocycles. The summed E-state index contributed by atoms with van der Waals surface area (Å²) >= 11 is 0. The van der Waals surface area contributed by atoms with Crippen LogP contribution in [0.2, 0.25) is 0 Å². The van der Waals surface area contributed by atoms with Crippen LogP contribution in [0.4, 0.5) is 5.69 Å². The van der Waals surface area contributed by atoms with Crippen LogP contribution in [-0.2, 0) is 0 Å². The fraction of sp³-hybridized carbons (Fsp3) is 0.400. The molecule has 0 saturated carbocycles. The monoisotopic (exact) mass is 344 g/mol. The van der Waals surface area contributed by atoms with Crippen LogP contribution in [0.25, 0.3) is 0 Å². The van der Waals surface area contributed by atoms with Crippen molar-refractivity contribution in [3.8, 4) is 11.5 Å². The lowest BCUT2D eigenvalue weighted by Crippen LogP contribution is -2.37. The predicted octanol–water partition coefficient (Wildman–Crippen LogP) is 2.50. The summed E-state index contributed by atoms with van der Waals surface area (Å²) in [5, 5.41) is 10.2. The Kier molecular flexibility index (Phi) is 7.57. The molecular formula is C20H28N2O3. The number of rotatable bonds is 10. The number of para-hydroxylation sites is 1. The molecule has 5 heteroatoms. The van der Waals surface area contributed by atoms with Crippen molar-refractivity contribution in [3.63, 3.8) is 0 Å². The van der Waals surface area contributed by atoms with Crippen LogP contribution in [0.1, 0.15) is 0 Å². The van der Waals surface area contributed by atoms with Gasteiger partial charge in [0.1, 0.15) is 24.2 Å². The van der Waals surface area contributed by atoms with Gasteiger partial charge in [0, 0.05) is 32.4 Å². The minimum atomic E-state index is -0.533. The van der Waals surface area contributed by atoms with Crippen LogP contribution < -0.4 is 14.4 Å². The number of likely N-dealkylation sites (N-methyl/N-ethyl adjacent to an activating group) is 2. The number of aliphatic hydroxyl groups is 1. The maximum Gasteiger partial charge on any atom is 0.119 e. The third-order valence-corrected chi connectivity index (χ3v) is 4.04. The van der Waals surface area contributed by atoms with Crippen molar-refractivity contribution in [1.82, 2.24) is 4.90 Å². The fourth-order valence-corrected chi connectivity index (χ4v) is 2.50. The quantitative estimate of drug-likeness (QED) is 0.717. The Labute approximate surface area is 150 Å². The Bertz CT molecular complexity index is 604. The van der Waals surface area contributed by atoms with Gasteiger partial charge in [-0.1, -0.05) is 18.2 Å². The molecule has 0 aliphatic heterocycles. The minimum absolute atomic E-state index is 0.269. The van der Waals surface area contributed by atoms with Crippen molar-refractivity contribution in [1.29, 1.82) is 0 Å². The average Bonchev–Trinajstić information content (AvgIpc) is 2.65. The van der Waals surface area contributed by atoms with Gasteiger partial charge in [-0.2, -0.15) is 0 Å². The van der Waals surface area contributed by atoms with Crippen molar-refractivity contribution >= 4 is 5.69 Å². The SMILES string of the molecule is COc1ccc(OCC(O)CN(C)CCN(C)c2ccccc2)cc1. The van der Waals surface area contributed by atoms with E-state index < -0.39 is 6.10 Å². The Morgan fingerprint density at radius 2 is 1.56 bits per heavy atom. The average molecular weight is 344 g/mol. The summed E-state index contributed by atoms with van der Waals surface area (Å²) in [5.41, 5.74) is 1.19. The Morgan fingerprint density at radius 1 is 0.920 bits per heavy atom. The molecule has 0 spiro atoms. The van der Waals surface area contributed by atoms with Crippen molar-refractivity contribution in [3.05, 3.63) is 54.6 Å². The largest absolute Gasteiger partial charge is 0.497 e. The number of hydrogen-bond donors (Lipinski definition) is 1. The second-order valence-corrected chi connectivity index (χ2v) is 6.16. The molecule has 0 amide bonds. The molecule has 0 aliphatic rings. The van der Waals surface area contributed by atoms with Gasteiger partial charge in [-0.25, -0.2) is 0 Å². The number of nitrogens with zero attached hydrogens (tertiary/aromatic N) is 2. The summed E-state index contributed by atoms with van der Waals surface area (Å²) < 4.78 is 10.7. The molecule has 0 fully saturated rings. The van der Waals surface area contributed by atoms with Crippen LogP contribution in [-0.4, -0.2) is 63.6 Å². The van der Waals surface area contributed by atoms with E-state index in [1.807, 2.05) is 49.5 Å². The van der Waals surface area contributed by atoms with E-state index in [2.05, 4.69) is 29.0 Å². The standard InChI is InChI=1S/C20H28N2O3/c1-21(13-14-22(2)17-7-5-4-6-8-17)15-18(23)16-25-20-11-9-19(24-3)10-12-20/h4-12,18,23H,13-16H2,1-3H3. The zero-order valence-electron chi connectivity index (χ0n) is 15.3.